The van der Waals surface area contributed by atoms with Crippen LogP contribution in [0.1, 0.15) is 187 Å². The Morgan fingerprint density at radius 2 is 0.595 bits per heavy atom. The Morgan fingerprint density at radius 1 is 0.351 bits per heavy atom. The number of carbonyl (C=O) groups is 2. The molecule has 0 aliphatic heterocycles. The van der Waals surface area contributed by atoms with Crippen molar-refractivity contribution in [3.05, 3.63) is 0 Å². The van der Waals surface area contributed by atoms with E-state index in [1.54, 1.807) is 0 Å². The molecule has 0 aromatic carbocycles. The molecular weight excluding hydrogens is 460 g/mol. The van der Waals surface area contributed by atoms with Gasteiger partial charge in [-0.1, -0.05) is 149 Å². The fourth-order valence-electron chi connectivity index (χ4n) is 4.76. The monoisotopic (exact) mass is 524 g/mol. The van der Waals surface area contributed by atoms with Crippen LogP contribution in [0.5, 0.6) is 0 Å². The van der Waals surface area contributed by atoms with E-state index in [0.29, 0.717) is 26.1 Å². The molecule has 0 aromatic rings. The van der Waals surface area contributed by atoms with Gasteiger partial charge in [-0.3, -0.25) is 9.59 Å². The number of unbranched alkanes of at least 4 members (excludes halogenated alkanes) is 22. The van der Waals surface area contributed by atoms with E-state index in [4.69, 9.17) is 9.47 Å². The fourth-order valence-corrected chi connectivity index (χ4v) is 4.76. The minimum Gasteiger partial charge on any atom is -0.466 e. The van der Waals surface area contributed by atoms with Crippen molar-refractivity contribution in [2.75, 3.05) is 13.2 Å². The van der Waals surface area contributed by atoms with Crippen LogP contribution in [0.15, 0.2) is 0 Å². The molecule has 37 heavy (non-hydrogen) atoms. The molecule has 0 rings (SSSR count). The first kappa shape index (κ1) is 35.9. The van der Waals surface area contributed by atoms with Crippen LogP contribution in [0.4, 0.5) is 0 Å². The largest absolute Gasteiger partial charge is 0.466 e. The molecule has 0 aromatic heterocycles. The van der Waals surface area contributed by atoms with Crippen LogP contribution in [-0.2, 0) is 19.1 Å². The van der Waals surface area contributed by atoms with E-state index in [1.165, 1.54) is 109 Å². The van der Waals surface area contributed by atoms with Crippen LogP contribution < -0.4 is 0 Å². The van der Waals surface area contributed by atoms with E-state index in [1.807, 2.05) is 0 Å². The van der Waals surface area contributed by atoms with E-state index in [-0.39, 0.29) is 11.9 Å². The SMILES string of the molecule is CCCCCCCCCCCC(=O)OCCCCCCCCCOC(=O)CCCCCCCCCCC. The summed E-state index contributed by atoms with van der Waals surface area (Å²) >= 11 is 0. The molecule has 0 saturated heterocycles. The Balaban J connectivity index is 3.23. The van der Waals surface area contributed by atoms with Crippen molar-refractivity contribution in [2.24, 2.45) is 0 Å². The van der Waals surface area contributed by atoms with E-state index >= 15 is 0 Å². The molecule has 0 unspecified atom stereocenters. The topological polar surface area (TPSA) is 52.6 Å². The number of ether oxygens (including phenoxy) is 2. The summed E-state index contributed by atoms with van der Waals surface area (Å²) in [5, 5.41) is 0. The summed E-state index contributed by atoms with van der Waals surface area (Å²) in [5.74, 6) is -0.0365. The summed E-state index contributed by atoms with van der Waals surface area (Å²) in [5.41, 5.74) is 0. The third-order valence-corrected chi connectivity index (χ3v) is 7.28. The zero-order chi connectivity index (χ0) is 27.1. The minimum atomic E-state index is -0.0182. The van der Waals surface area contributed by atoms with Gasteiger partial charge in [0.2, 0.25) is 0 Å². The van der Waals surface area contributed by atoms with Crippen molar-refractivity contribution < 1.29 is 19.1 Å². The van der Waals surface area contributed by atoms with Gasteiger partial charge in [0, 0.05) is 12.8 Å². The lowest BCUT2D eigenvalue weighted by Crippen LogP contribution is -2.06. The van der Waals surface area contributed by atoms with Gasteiger partial charge >= 0.3 is 11.9 Å². The predicted molar refractivity (Wildman–Crippen MR) is 158 cm³/mol. The zero-order valence-corrected chi connectivity index (χ0v) is 25.1. The van der Waals surface area contributed by atoms with Gasteiger partial charge in [-0.05, 0) is 25.7 Å². The maximum absolute atomic E-state index is 11.8. The van der Waals surface area contributed by atoms with Crippen molar-refractivity contribution in [3.63, 3.8) is 0 Å². The second kappa shape index (κ2) is 31.2. The van der Waals surface area contributed by atoms with Gasteiger partial charge < -0.3 is 9.47 Å². The molecule has 0 saturated carbocycles. The Morgan fingerprint density at radius 3 is 0.892 bits per heavy atom. The average Bonchev–Trinajstić information content (AvgIpc) is 2.89. The standard InChI is InChI=1S/C33H64O4/c1-3-5-7-9-11-13-16-20-24-28-32(34)36-30-26-22-18-15-19-23-27-31-37-33(35)29-25-21-17-14-12-10-8-6-4-2/h3-31H2,1-2H3. The molecule has 0 amide bonds. The van der Waals surface area contributed by atoms with Gasteiger partial charge in [0.05, 0.1) is 13.2 Å². The van der Waals surface area contributed by atoms with Gasteiger partial charge in [-0.15, -0.1) is 0 Å². The first-order valence-electron chi connectivity index (χ1n) is 16.5. The molecule has 0 radical (unpaired) electrons. The third-order valence-electron chi connectivity index (χ3n) is 7.28. The highest BCUT2D eigenvalue weighted by molar-refractivity contribution is 5.69. The third kappa shape index (κ3) is 31.1. The van der Waals surface area contributed by atoms with Crippen molar-refractivity contribution in [2.45, 2.75) is 187 Å². The van der Waals surface area contributed by atoms with Crippen LogP contribution in [-0.4, -0.2) is 25.2 Å². The molecule has 0 aliphatic rings. The van der Waals surface area contributed by atoms with Crippen LogP contribution >= 0.6 is 0 Å². The smallest absolute Gasteiger partial charge is 0.305 e. The maximum Gasteiger partial charge on any atom is 0.305 e. The van der Waals surface area contributed by atoms with E-state index in [2.05, 4.69) is 13.8 Å². The first-order valence-corrected chi connectivity index (χ1v) is 16.5. The van der Waals surface area contributed by atoms with E-state index in [9.17, 15) is 9.59 Å². The summed E-state index contributed by atoms with van der Waals surface area (Å²) in [4.78, 5) is 23.6. The first-order chi connectivity index (χ1) is 18.2. The highest BCUT2D eigenvalue weighted by Gasteiger charge is 2.04. The van der Waals surface area contributed by atoms with Crippen molar-refractivity contribution in [3.8, 4) is 0 Å². The molecule has 0 fully saturated rings. The van der Waals surface area contributed by atoms with Gasteiger partial charge in [0.25, 0.3) is 0 Å². The summed E-state index contributed by atoms with van der Waals surface area (Å²) in [6.07, 6.45) is 31.8. The molecule has 0 N–H and O–H groups in total. The van der Waals surface area contributed by atoms with Crippen LogP contribution in [0, 0.1) is 0 Å². The fraction of sp³-hybridized carbons (Fsp3) is 0.939. The van der Waals surface area contributed by atoms with Crippen LogP contribution in [0.2, 0.25) is 0 Å². The van der Waals surface area contributed by atoms with Crippen molar-refractivity contribution >= 4 is 11.9 Å². The van der Waals surface area contributed by atoms with E-state index in [0.717, 1.165) is 51.4 Å². The maximum atomic E-state index is 11.8. The molecule has 0 bridgehead atoms. The Kier molecular flexibility index (Phi) is 30.3. The Labute approximate surface area is 231 Å². The zero-order valence-electron chi connectivity index (χ0n) is 25.1. The van der Waals surface area contributed by atoms with E-state index < -0.39 is 0 Å². The number of rotatable bonds is 30. The number of esters is 2. The van der Waals surface area contributed by atoms with Gasteiger partial charge in [0.15, 0.2) is 0 Å². The quantitative estimate of drug-likeness (QED) is 0.0692. The Bertz CT molecular complexity index is 435. The molecule has 0 atom stereocenters. The second-order valence-electron chi connectivity index (χ2n) is 11.1. The summed E-state index contributed by atoms with van der Waals surface area (Å²) in [7, 11) is 0. The highest BCUT2D eigenvalue weighted by atomic mass is 16.5. The second-order valence-corrected chi connectivity index (χ2v) is 11.1. The van der Waals surface area contributed by atoms with Gasteiger partial charge in [-0.2, -0.15) is 0 Å². The number of hydrogen-bond acceptors (Lipinski definition) is 4. The summed E-state index contributed by atoms with van der Waals surface area (Å²) in [6.45, 7) is 5.66. The lowest BCUT2D eigenvalue weighted by molar-refractivity contribution is -0.144. The molecule has 0 spiro atoms. The Hall–Kier alpha value is -1.06. The molecule has 0 heterocycles. The average molecular weight is 525 g/mol. The lowest BCUT2D eigenvalue weighted by atomic mass is 10.1. The van der Waals surface area contributed by atoms with Crippen molar-refractivity contribution in [1.29, 1.82) is 0 Å². The molecule has 4 heteroatoms. The summed E-state index contributed by atoms with van der Waals surface area (Å²) < 4.78 is 10.7. The normalized spacial score (nSPS) is 11.1. The van der Waals surface area contributed by atoms with Gasteiger partial charge in [0.1, 0.15) is 0 Å². The van der Waals surface area contributed by atoms with Crippen LogP contribution in [0.3, 0.4) is 0 Å². The summed E-state index contributed by atoms with van der Waals surface area (Å²) in [6, 6.07) is 0. The number of carbonyl (C=O) groups excluding carboxylic acids is 2. The number of hydrogen-bond donors (Lipinski definition) is 0. The predicted octanol–water partition coefficient (Wildman–Crippen LogP) is 10.6. The van der Waals surface area contributed by atoms with Gasteiger partial charge in [-0.25, -0.2) is 0 Å². The lowest BCUT2D eigenvalue weighted by Gasteiger charge is -2.06. The molecular formula is C33H64O4. The van der Waals surface area contributed by atoms with Crippen molar-refractivity contribution in [1.82, 2.24) is 0 Å². The minimum absolute atomic E-state index is 0.0182. The molecule has 220 valence electrons. The molecule has 4 nitrogen and oxygen atoms in total. The highest BCUT2D eigenvalue weighted by Crippen LogP contribution is 2.13. The van der Waals surface area contributed by atoms with Crippen LogP contribution in [0.25, 0.3) is 0 Å². The molecule has 0 aliphatic carbocycles.